The maximum absolute atomic E-state index is 5.68. The Kier molecular flexibility index (Phi) is 5.67. The van der Waals surface area contributed by atoms with E-state index in [9.17, 15) is 0 Å². The number of hydrogen-bond donors (Lipinski definition) is 0. The van der Waals surface area contributed by atoms with E-state index in [1.165, 1.54) is 12.0 Å². The molecular formula is C16H25NO2. The Hall–Kier alpha value is -1.06. The molecule has 3 nitrogen and oxygen atoms in total. The van der Waals surface area contributed by atoms with Gasteiger partial charge in [-0.05, 0) is 37.6 Å². The lowest BCUT2D eigenvalue weighted by molar-refractivity contribution is 0.00624. The normalized spacial score (nSPS) is 20.4. The predicted molar refractivity (Wildman–Crippen MR) is 77.8 cm³/mol. The molecule has 2 rings (SSSR count). The first-order chi connectivity index (χ1) is 9.29. The van der Waals surface area contributed by atoms with Crippen molar-refractivity contribution in [2.75, 3.05) is 33.4 Å². The number of ether oxygens (including phenoxy) is 2. The molecule has 0 saturated carbocycles. The highest BCUT2D eigenvalue weighted by Gasteiger charge is 2.19. The molecule has 0 aromatic heterocycles. The molecule has 3 heteroatoms. The van der Waals surface area contributed by atoms with Crippen molar-refractivity contribution in [3.63, 3.8) is 0 Å². The van der Waals surface area contributed by atoms with E-state index in [1.54, 1.807) is 0 Å². The lowest BCUT2D eigenvalue weighted by atomic mass is 10.0. The summed E-state index contributed by atoms with van der Waals surface area (Å²) in [5, 5.41) is 0. The molecule has 1 fully saturated rings. The minimum Gasteiger partial charge on any atom is -0.494 e. The van der Waals surface area contributed by atoms with E-state index in [4.69, 9.17) is 9.47 Å². The first kappa shape index (κ1) is 14.4. The zero-order valence-corrected chi connectivity index (χ0v) is 12.1. The lowest BCUT2D eigenvalue weighted by Gasteiger charge is -2.32. The molecule has 1 aromatic carbocycles. The second-order valence-corrected chi connectivity index (χ2v) is 5.26. The summed E-state index contributed by atoms with van der Waals surface area (Å²) in [6.45, 7) is 5.72. The maximum Gasteiger partial charge on any atom is 0.119 e. The molecule has 0 aliphatic carbocycles. The van der Waals surface area contributed by atoms with Crippen molar-refractivity contribution in [1.82, 2.24) is 4.90 Å². The number of hydrogen-bond acceptors (Lipinski definition) is 3. The average Bonchev–Trinajstić information content (AvgIpc) is 2.44. The lowest BCUT2D eigenvalue weighted by Crippen LogP contribution is -2.43. The van der Waals surface area contributed by atoms with E-state index in [0.717, 1.165) is 45.0 Å². The third-order valence-corrected chi connectivity index (χ3v) is 3.68. The smallest absolute Gasteiger partial charge is 0.119 e. The SMILES string of the molecule is CCCCOc1ccc(CC2COCCN2C)cc1. The van der Waals surface area contributed by atoms with Crippen LogP contribution in [0.2, 0.25) is 0 Å². The predicted octanol–water partition coefficient (Wildman–Crippen LogP) is 2.74. The van der Waals surface area contributed by atoms with Crippen LogP contribution in [0.5, 0.6) is 5.75 Å². The van der Waals surface area contributed by atoms with Crippen molar-refractivity contribution in [3.05, 3.63) is 29.8 Å². The molecule has 106 valence electrons. The Labute approximate surface area is 116 Å². The van der Waals surface area contributed by atoms with Gasteiger partial charge in [-0.3, -0.25) is 4.90 Å². The monoisotopic (exact) mass is 263 g/mol. The van der Waals surface area contributed by atoms with Gasteiger partial charge in [-0.15, -0.1) is 0 Å². The molecule has 1 aliphatic rings. The van der Waals surface area contributed by atoms with E-state index in [2.05, 4.69) is 43.1 Å². The first-order valence-corrected chi connectivity index (χ1v) is 7.29. The Morgan fingerprint density at radius 2 is 2.11 bits per heavy atom. The van der Waals surface area contributed by atoms with Crippen molar-refractivity contribution in [3.8, 4) is 5.75 Å². The average molecular weight is 263 g/mol. The van der Waals surface area contributed by atoms with Crippen LogP contribution < -0.4 is 4.74 Å². The molecule has 0 amide bonds. The number of unbranched alkanes of at least 4 members (excludes halogenated alkanes) is 1. The van der Waals surface area contributed by atoms with E-state index < -0.39 is 0 Å². The number of rotatable bonds is 6. The molecule has 1 aromatic rings. The standard InChI is InChI=1S/C16H25NO2/c1-3-4-10-19-16-7-5-14(6-8-16)12-15-13-18-11-9-17(15)2/h5-8,15H,3-4,9-13H2,1-2H3. The fourth-order valence-electron chi connectivity index (χ4n) is 2.28. The zero-order chi connectivity index (χ0) is 13.5. The number of benzene rings is 1. The van der Waals surface area contributed by atoms with E-state index in [1.807, 2.05) is 0 Å². The van der Waals surface area contributed by atoms with Crippen LogP contribution in [0.1, 0.15) is 25.3 Å². The molecule has 1 heterocycles. The van der Waals surface area contributed by atoms with Gasteiger partial charge in [0.2, 0.25) is 0 Å². The van der Waals surface area contributed by atoms with Gasteiger partial charge in [0.25, 0.3) is 0 Å². The largest absolute Gasteiger partial charge is 0.494 e. The molecule has 1 aliphatic heterocycles. The number of nitrogens with zero attached hydrogens (tertiary/aromatic N) is 1. The highest BCUT2D eigenvalue weighted by atomic mass is 16.5. The van der Waals surface area contributed by atoms with Gasteiger partial charge in [0, 0.05) is 12.6 Å². The quantitative estimate of drug-likeness (QED) is 0.737. The molecule has 1 unspecified atom stereocenters. The van der Waals surface area contributed by atoms with Crippen LogP contribution in [0, 0.1) is 0 Å². The maximum atomic E-state index is 5.68. The van der Waals surface area contributed by atoms with Gasteiger partial charge < -0.3 is 9.47 Å². The summed E-state index contributed by atoms with van der Waals surface area (Å²) in [7, 11) is 2.18. The topological polar surface area (TPSA) is 21.7 Å². The van der Waals surface area contributed by atoms with Gasteiger partial charge in [-0.2, -0.15) is 0 Å². The Bertz CT molecular complexity index is 364. The van der Waals surface area contributed by atoms with Crippen molar-refractivity contribution in [1.29, 1.82) is 0 Å². The van der Waals surface area contributed by atoms with Crippen LogP contribution in [-0.4, -0.2) is 44.4 Å². The second-order valence-electron chi connectivity index (χ2n) is 5.26. The fourth-order valence-corrected chi connectivity index (χ4v) is 2.28. The van der Waals surface area contributed by atoms with E-state index in [0.29, 0.717) is 6.04 Å². The first-order valence-electron chi connectivity index (χ1n) is 7.29. The Morgan fingerprint density at radius 1 is 1.32 bits per heavy atom. The van der Waals surface area contributed by atoms with Crippen LogP contribution >= 0.6 is 0 Å². The molecule has 0 spiro atoms. The zero-order valence-electron chi connectivity index (χ0n) is 12.1. The molecule has 1 atom stereocenters. The van der Waals surface area contributed by atoms with Crippen LogP contribution in [0.25, 0.3) is 0 Å². The summed E-state index contributed by atoms with van der Waals surface area (Å²) in [4.78, 5) is 2.38. The van der Waals surface area contributed by atoms with Crippen molar-refractivity contribution in [2.45, 2.75) is 32.2 Å². The van der Waals surface area contributed by atoms with Crippen LogP contribution in [-0.2, 0) is 11.2 Å². The molecule has 0 radical (unpaired) electrons. The van der Waals surface area contributed by atoms with Crippen LogP contribution in [0.3, 0.4) is 0 Å². The van der Waals surface area contributed by atoms with E-state index in [-0.39, 0.29) is 0 Å². The molecule has 0 N–H and O–H groups in total. The highest BCUT2D eigenvalue weighted by molar-refractivity contribution is 5.27. The van der Waals surface area contributed by atoms with Crippen molar-refractivity contribution >= 4 is 0 Å². The van der Waals surface area contributed by atoms with Gasteiger partial charge >= 0.3 is 0 Å². The van der Waals surface area contributed by atoms with Gasteiger partial charge in [-0.25, -0.2) is 0 Å². The summed E-state index contributed by atoms with van der Waals surface area (Å²) in [5.74, 6) is 0.977. The number of morpholine rings is 1. The van der Waals surface area contributed by atoms with Gasteiger partial charge in [0.05, 0.1) is 19.8 Å². The van der Waals surface area contributed by atoms with Crippen LogP contribution in [0.15, 0.2) is 24.3 Å². The molecule has 0 bridgehead atoms. The number of likely N-dealkylation sites (N-methyl/N-ethyl adjacent to an activating group) is 1. The third-order valence-electron chi connectivity index (χ3n) is 3.68. The fraction of sp³-hybridized carbons (Fsp3) is 0.625. The summed E-state index contributed by atoms with van der Waals surface area (Å²) < 4.78 is 11.2. The second kappa shape index (κ2) is 7.51. The van der Waals surface area contributed by atoms with Gasteiger partial charge in [-0.1, -0.05) is 25.5 Å². The molecular weight excluding hydrogens is 238 g/mol. The Morgan fingerprint density at radius 3 is 2.79 bits per heavy atom. The summed E-state index contributed by atoms with van der Waals surface area (Å²) in [6, 6.07) is 9.00. The van der Waals surface area contributed by atoms with Gasteiger partial charge in [0.15, 0.2) is 0 Å². The van der Waals surface area contributed by atoms with Crippen molar-refractivity contribution in [2.24, 2.45) is 0 Å². The minimum atomic E-state index is 0.501. The molecule has 19 heavy (non-hydrogen) atoms. The van der Waals surface area contributed by atoms with Crippen molar-refractivity contribution < 1.29 is 9.47 Å². The van der Waals surface area contributed by atoms with Gasteiger partial charge in [0.1, 0.15) is 5.75 Å². The summed E-state index contributed by atoms with van der Waals surface area (Å²) in [6.07, 6.45) is 3.34. The minimum absolute atomic E-state index is 0.501. The molecule has 1 saturated heterocycles. The van der Waals surface area contributed by atoms with E-state index >= 15 is 0 Å². The highest BCUT2D eigenvalue weighted by Crippen LogP contribution is 2.16. The summed E-state index contributed by atoms with van der Waals surface area (Å²) in [5.41, 5.74) is 1.35. The third kappa shape index (κ3) is 4.51. The van der Waals surface area contributed by atoms with Crippen LogP contribution in [0.4, 0.5) is 0 Å². The summed E-state index contributed by atoms with van der Waals surface area (Å²) >= 11 is 0. The Balaban J connectivity index is 1.84.